The lowest BCUT2D eigenvalue weighted by Gasteiger charge is -2.21. The molecule has 1 saturated heterocycles. The minimum Gasteiger partial charge on any atom is -0.346 e. The van der Waals surface area contributed by atoms with E-state index in [1.807, 2.05) is 0 Å². The molecule has 80 valence electrons. The fraction of sp³-hybridized carbons (Fsp3) is 0.800. The lowest BCUT2D eigenvalue weighted by Crippen LogP contribution is -2.42. The fourth-order valence-corrected chi connectivity index (χ4v) is 2.56. The molecule has 2 unspecified atom stereocenters. The van der Waals surface area contributed by atoms with Gasteiger partial charge < -0.3 is 5.32 Å². The summed E-state index contributed by atoms with van der Waals surface area (Å²) in [4.78, 5) is 22.6. The van der Waals surface area contributed by atoms with Crippen LogP contribution in [0.5, 0.6) is 0 Å². The van der Waals surface area contributed by atoms with E-state index in [4.69, 9.17) is 0 Å². The molecule has 1 fully saturated rings. The summed E-state index contributed by atoms with van der Waals surface area (Å²) in [5.41, 5.74) is 0. The number of ketones is 1. The highest BCUT2D eigenvalue weighted by atomic mass is 32.2. The van der Waals surface area contributed by atoms with Crippen LogP contribution in [0.1, 0.15) is 33.1 Å². The van der Waals surface area contributed by atoms with Crippen LogP contribution in [0.2, 0.25) is 0 Å². The van der Waals surface area contributed by atoms with E-state index in [0.29, 0.717) is 0 Å². The smallest absolute Gasteiger partial charge is 0.233 e. The summed E-state index contributed by atoms with van der Waals surface area (Å²) in [6, 6.07) is -0.343. The van der Waals surface area contributed by atoms with Gasteiger partial charge in [-0.05, 0) is 32.4 Å². The van der Waals surface area contributed by atoms with Crippen molar-refractivity contribution in [1.82, 2.24) is 5.32 Å². The monoisotopic (exact) mass is 215 g/mol. The largest absolute Gasteiger partial charge is 0.346 e. The van der Waals surface area contributed by atoms with E-state index >= 15 is 0 Å². The first-order valence-corrected chi connectivity index (χ1v) is 6.08. The Balaban J connectivity index is 2.36. The molecule has 1 rings (SSSR count). The lowest BCUT2D eigenvalue weighted by atomic mass is 10.1. The topological polar surface area (TPSA) is 46.2 Å². The molecule has 1 aliphatic rings. The molecular weight excluding hydrogens is 198 g/mol. The lowest BCUT2D eigenvalue weighted by molar-refractivity contribution is -0.126. The Kier molecular flexibility index (Phi) is 4.45. The van der Waals surface area contributed by atoms with Gasteiger partial charge in [-0.15, -0.1) is 11.8 Å². The molecule has 1 heterocycles. The van der Waals surface area contributed by atoms with Gasteiger partial charge in [0.2, 0.25) is 5.91 Å². The Bertz CT molecular complexity index is 224. The summed E-state index contributed by atoms with van der Waals surface area (Å²) in [5.74, 6) is 1.10. The highest BCUT2D eigenvalue weighted by molar-refractivity contribution is 8.00. The zero-order valence-corrected chi connectivity index (χ0v) is 9.52. The number of rotatable bonds is 3. The zero-order chi connectivity index (χ0) is 10.6. The summed E-state index contributed by atoms with van der Waals surface area (Å²) in [7, 11) is 0. The number of nitrogens with one attached hydrogen (secondary N) is 1. The first kappa shape index (κ1) is 11.6. The molecule has 0 radical (unpaired) electrons. The average Bonchev–Trinajstić information content (AvgIpc) is 2.19. The van der Waals surface area contributed by atoms with Crippen LogP contribution in [0.3, 0.4) is 0 Å². The maximum absolute atomic E-state index is 11.6. The second-order valence-electron chi connectivity index (χ2n) is 3.70. The molecule has 1 aliphatic heterocycles. The number of carbonyl (C=O) groups excluding carboxylic acids is 2. The molecular formula is C10H17NO2S. The van der Waals surface area contributed by atoms with Gasteiger partial charge >= 0.3 is 0 Å². The second kappa shape index (κ2) is 5.39. The Morgan fingerprint density at radius 2 is 2.14 bits per heavy atom. The van der Waals surface area contributed by atoms with E-state index in [0.717, 1.165) is 18.6 Å². The Morgan fingerprint density at radius 3 is 2.64 bits per heavy atom. The van der Waals surface area contributed by atoms with Crippen molar-refractivity contribution >= 4 is 23.5 Å². The van der Waals surface area contributed by atoms with Crippen molar-refractivity contribution in [1.29, 1.82) is 0 Å². The molecule has 0 aliphatic carbocycles. The quantitative estimate of drug-likeness (QED) is 0.773. The van der Waals surface area contributed by atoms with Crippen LogP contribution >= 0.6 is 11.8 Å². The number of Topliss-reactive ketones (excluding diaryl/α,β-unsaturated/α-hetero) is 1. The van der Waals surface area contributed by atoms with Crippen molar-refractivity contribution < 1.29 is 9.59 Å². The molecule has 0 aromatic rings. The van der Waals surface area contributed by atoms with Crippen LogP contribution < -0.4 is 5.32 Å². The van der Waals surface area contributed by atoms with Crippen LogP contribution in [0.15, 0.2) is 0 Å². The number of hydrogen-bond acceptors (Lipinski definition) is 3. The van der Waals surface area contributed by atoms with Gasteiger partial charge in [-0.1, -0.05) is 6.42 Å². The molecule has 2 atom stereocenters. The third kappa shape index (κ3) is 3.33. The molecule has 1 amide bonds. The highest BCUT2D eigenvalue weighted by Gasteiger charge is 2.23. The molecule has 0 saturated carbocycles. The normalized spacial score (nSPS) is 24.0. The predicted octanol–water partition coefficient (Wildman–Crippen LogP) is 1.37. The highest BCUT2D eigenvalue weighted by Crippen LogP contribution is 2.24. The first-order chi connectivity index (χ1) is 6.61. The Hall–Kier alpha value is -0.510. The van der Waals surface area contributed by atoms with Gasteiger partial charge in [0.15, 0.2) is 5.78 Å². The van der Waals surface area contributed by atoms with Crippen LogP contribution in [0.4, 0.5) is 0 Å². The summed E-state index contributed by atoms with van der Waals surface area (Å²) in [5, 5.41) is 2.80. The van der Waals surface area contributed by atoms with Crippen molar-refractivity contribution in [3.63, 3.8) is 0 Å². The third-order valence-corrected chi connectivity index (χ3v) is 3.82. The van der Waals surface area contributed by atoms with E-state index in [-0.39, 0.29) is 23.0 Å². The summed E-state index contributed by atoms with van der Waals surface area (Å²) >= 11 is 1.70. The van der Waals surface area contributed by atoms with E-state index in [1.54, 1.807) is 18.7 Å². The van der Waals surface area contributed by atoms with E-state index in [2.05, 4.69) is 5.32 Å². The Labute approximate surface area is 89.0 Å². The van der Waals surface area contributed by atoms with Crippen LogP contribution in [-0.2, 0) is 9.59 Å². The van der Waals surface area contributed by atoms with E-state index in [1.165, 1.54) is 13.3 Å². The number of carbonyl (C=O) groups is 2. The molecule has 14 heavy (non-hydrogen) atoms. The van der Waals surface area contributed by atoms with Gasteiger partial charge in [0, 0.05) is 0 Å². The SMILES string of the molecule is CC(=O)C(C)NC(=O)C1CCCCS1. The van der Waals surface area contributed by atoms with Crippen LogP contribution in [0, 0.1) is 0 Å². The Morgan fingerprint density at radius 1 is 1.43 bits per heavy atom. The second-order valence-corrected chi connectivity index (χ2v) is 5.01. The molecule has 0 spiro atoms. The molecule has 0 aromatic heterocycles. The minimum atomic E-state index is -0.343. The maximum Gasteiger partial charge on any atom is 0.233 e. The van der Waals surface area contributed by atoms with Crippen molar-refractivity contribution in [2.75, 3.05) is 5.75 Å². The number of amides is 1. The van der Waals surface area contributed by atoms with Gasteiger partial charge in [-0.2, -0.15) is 0 Å². The van der Waals surface area contributed by atoms with E-state index < -0.39 is 0 Å². The van der Waals surface area contributed by atoms with Crippen LogP contribution in [0.25, 0.3) is 0 Å². The molecule has 0 aromatic carbocycles. The average molecular weight is 215 g/mol. The summed E-state index contributed by atoms with van der Waals surface area (Å²) in [6.45, 7) is 3.23. The van der Waals surface area contributed by atoms with Crippen molar-refractivity contribution in [3.8, 4) is 0 Å². The van der Waals surface area contributed by atoms with Gasteiger partial charge in [-0.25, -0.2) is 0 Å². The van der Waals surface area contributed by atoms with Gasteiger partial charge in [0.1, 0.15) is 0 Å². The summed E-state index contributed by atoms with van der Waals surface area (Å²) in [6.07, 6.45) is 3.28. The van der Waals surface area contributed by atoms with Gasteiger partial charge in [0.25, 0.3) is 0 Å². The predicted molar refractivity (Wildman–Crippen MR) is 58.4 cm³/mol. The van der Waals surface area contributed by atoms with E-state index in [9.17, 15) is 9.59 Å². The standard InChI is InChI=1S/C10H17NO2S/c1-7(8(2)12)11-10(13)9-5-3-4-6-14-9/h7,9H,3-6H2,1-2H3,(H,11,13). The van der Waals surface area contributed by atoms with Crippen LogP contribution in [-0.4, -0.2) is 28.7 Å². The van der Waals surface area contributed by atoms with Crippen molar-refractivity contribution in [2.24, 2.45) is 0 Å². The van der Waals surface area contributed by atoms with Crippen molar-refractivity contribution in [3.05, 3.63) is 0 Å². The minimum absolute atomic E-state index is 0.0131. The first-order valence-electron chi connectivity index (χ1n) is 5.03. The zero-order valence-electron chi connectivity index (χ0n) is 8.71. The maximum atomic E-state index is 11.6. The fourth-order valence-electron chi connectivity index (χ4n) is 1.36. The third-order valence-electron chi connectivity index (χ3n) is 2.44. The van der Waals surface area contributed by atoms with Gasteiger partial charge in [-0.3, -0.25) is 9.59 Å². The number of thioether (sulfide) groups is 1. The van der Waals surface area contributed by atoms with Crippen molar-refractivity contribution in [2.45, 2.75) is 44.4 Å². The van der Waals surface area contributed by atoms with Gasteiger partial charge in [0.05, 0.1) is 11.3 Å². The molecule has 3 nitrogen and oxygen atoms in total. The summed E-state index contributed by atoms with van der Waals surface area (Å²) < 4.78 is 0. The molecule has 4 heteroatoms. The number of hydrogen-bond donors (Lipinski definition) is 1. The molecule has 0 bridgehead atoms. The molecule has 1 N–H and O–H groups in total.